The summed E-state index contributed by atoms with van der Waals surface area (Å²) in [5.41, 5.74) is 1.71. The van der Waals surface area contributed by atoms with E-state index in [4.69, 9.17) is 16.3 Å². The molecule has 3 rings (SSSR count). The van der Waals surface area contributed by atoms with Gasteiger partial charge in [0.1, 0.15) is 5.75 Å². The third kappa shape index (κ3) is 3.92. The van der Waals surface area contributed by atoms with Gasteiger partial charge in [-0.3, -0.25) is 4.79 Å². The molecule has 1 aliphatic rings. The van der Waals surface area contributed by atoms with Gasteiger partial charge in [0.2, 0.25) is 0 Å². The van der Waals surface area contributed by atoms with E-state index in [0.717, 1.165) is 0 Å². The standard InChI is InChI=1S/C18H16ClN3O3/c1-2-8-22-15-10-14(6-7-16(15)25-11-17(22)23)21-18(24)20-13-5-3-4-12(19)9-13/h2-7,9-10H,1,8,11H2,(H2,20,21,24). The van der Waals surface area contributed by atoms with E-state index in [-0.39, 0.29) is 12.5 Å². The first kappa shape index (κ1) is 16.9. The lowest BCUT2D eigenvalue weighted by Gasteiger charge is -2.28. The average molecular weight is 358 g/mol. The van der Waals surface area contributed by atoms with E-state index in [0.29, 0.717) is 34.4 Å². The number of ether oxygens (including phenoxy) is 1. The Balaban J connectivity index is 1.76. The molecular weight excluding hydrogens is 342 g/mol. The van der Waals surface area contributed by atoms with Gasteiger partial charge >= 0.3 is 6.03 Å². The largest absolute Gasteiger partial charge is 0.482 e. The second kappa shape index (κ2) is 7.27. The Morgan fingerprint density at radius 3 is 2.72 bits per heavy atom. The molecule has 0 atom stereocenters. The molecule has 1 aliphatic heterocycles. The summed E-state index contributed by atoms with van der Waals surface area (Å²) in [6.07, 6.45) is 1.64. The predicted octanol–water partition coefficient (Wildman–Crippen LogP) is 3.90. The van der Waals surface area contributed by atoms with Crippen molar-refractivity contribution in [1.82, 2.24) is 0 Å². The first-order valence-corrected chi connectivity index (χ1v) is 7.96. The highest BCUT2D eigenvalue weighted by atomic mass is 35.5. The fourth-order valence-corrected chi connectivity index (χ4v) is 2.66. The van der Waals surface area contributed by atoms with Gasteiger partial charge in [0.15, 0.2) is 6.61 Å². The summed E-state index contributed by atoms with van der Waals surface area (Å²) in [5.74, 6) is 0.426. The van der Waals surface area contributed by atoms with Gasteiger partial charge in [0.05, 0.1) is 5.69 Å². The number of benzene rings is 2. The quantitative estimate of drug-likeness (QED) is 0.815. The Morgan fingerprint density at radius 2 is 2.00 bits per heavy atom. The van der Waals surface area contributed by atoms with Gasteiger partial charge in [-0.25, -0.2) is 4.79 Å². The molecule has 25 heavy (non-hydrogen) atoms. The molecule has 0 fully saturated rings. The number of carbonyl (C=O) groups is 2. The summed E-state index contributed by atoms with van der Waals surface area (Å²) in [6, 6.07) is 11.5. The Labute approximate surface area is 150 Å². The molecule has 0 spiro atoms. The van der Waals surface area contributed by atoms with E-state index in [1.807, 2.05) is 0 Å². The van der Waals surface area contributed by atoms with E-state index >= 15 is 0 Å². The van der Waals surface area contributed by atoms with E-state index in [2.05, 4.69) is 17.2 Å². The Hall–Kier alpha value is -2.99. The Kier molecular flexibility index (Phi) is 4.90. The molecule has 128 valence electrons. The maximum Gasteiger partial charge on any atom is 0.323 e. The molecule has 2 aromatic carbocycles. The van der Waals surface area contributed by atoms with Gasteiger partial charge in [-0.05, 0) is 36.4 Å². The molecular formula is C18H16ClN3O3. The van der Waals surface area contributed by atoms with E-state index in [1.54, 1.807) is 53.4 Å². The van der Waals surface area contributed by atoms with Crippen molar-refractivity contribution in [2.75, 3.05) is 28.7 Å². The van der Waals surface area contributed by atoms with Crippen LogP contribution in [-0.4, -0.2) is 25.1 Å². The van der Waals surface area contributed by atoms with Crippen LogP contribution >= 0.6 is 11.6 Å². The maximum absolute atomic E-state index is 12.1. The molecule has 0 aliphatic carbocycles. The van der Waals surface area contributed by atoms with Crippen LogP contribution in [0.2, 0.25) is 5.02 Å². The molecule has 6 nitrogen and oxygen atoms in total. The van der Waals surface area contributed by atoms with Crippen LogP contribution in [0.5, 0.6) is 5.75 Å². The minimum absolute atomic E-state index is 0.0110. The van der Waals surface area contributed by atoms with Crippen molar-refractivity contribution < 1.29 is 14.3 Å². The Bertz CT molecular complexity index is 838. The first-order chi connectivity index (χ1) is 12.1. The van der Waals surface area contributed by atoms with Crippen LogP contribution in [0.25, 0.3) is 0 Å². The summed E-state index contributed by atoms with van der Waals surface area (Å²) >= 11 is 5.90. The van der Waals surface area contributed by atoms with Gasteiger partial charge < -0.3 is 20.3 Å². The highest BCUT2D eigenvalue weighted by molar-refractivity contribution is 6.30. The highest BCUT2D eigenvalue weighted by Crippen LogP contribution is 2.34. The molecule has 2 N–H and O–H groups in total. The van der Waals surface area contributed by atoms with Crippen molar-refractivity contribution in [2.45, 2.75) is 0 Å². The molecule has 0 saturated heterocycles. The second-order valence-corrected chi connectivity index (χ2v) is 5.79. The van der Waals surface area contributed by atoms with Crippen molar-refractivity contribution in [3.05, 3.63) is 60.1 Å². The molecule has 1 heterocycles. The summed E-state index contributed by atoms with van der Waals surface area (Å²) in [6.45, 7) is 4.02. The highest BCUT2D eigenvalue weighted by Gasteiger charge is 2.25. The molecule has 7 heteroatoms. The number of nitrogens with zero attached hydrogens (tertiary/aromatic N) is 1. The van der Waals surface area contributed by atoms with Crippen LogP contribution in [0, 0.1) is 0 Å². The molecule has 0 radical (unpaired) electrons. The normalized spacial score (nSPS) is 12.8. The second-order valence-electron chi connectivity index (χ2n) is 5.35. The molecule has 3 amide bonds. The maximum atomic E-state index is 12.1. The van der Waals surface area contributed by atoms with E-state index < -0.39 is 6.03 Å². The number of urea groups is 1. The lowest BCUT2D eigenvalue weighted by molar-refractivity contribution is -0.121. The third-order valence-corrected chi connectivity index (χ3v) is 3.79. The first-order valence-electron chi connectivity index (χ1n) is 7.58. The molecule has 0 bridgehead atoms. The minimum Gasteiger partial charge on any atom is -0.482 e. The fraction of sp³-hybridized carbons (Fsp3) is 0.111. The van der Waals surface area contributed by atoms with Crippen LogP contribution in [0.15, 0.2) is 55.1 Å². The third-order valence-electron chi connectivity index (χ3n) is 3.55. The van der Waals surface area contributed by atoms with Gasteiger partial charge in [0, 0.05) is 22.9 Å². The van der Waals surface area contributed by atoms with Gasteiger partial charge in [-0.2, -0.15) is 0 Å². The van der Waals surface area contributed by atoms with Crippen molar-refractivity contribution >= 4 is 40.6 Å². The molecule has 0 aromatic heterocycles. The molecule has 2 aromatic rings. The number of halogens is 1. The number of rotatable bonds is 4. The number of hydrogen-bond acceptors (Lipinski definition) is 3. The number of amides is 3. The van der Waals surface area contributed by atoms with Crippen LogP contribution in [0.3, 0.4) is 0 Å². The van der Waals surface area contributed by atoms with Gasteiger partial charge in [-0.1, -0.05) is 23.7 Å². The van der Waals surface area contributed by atoms with Crippen LogP contribution < -0.4 is 20.3 Å². The smallest absolute Gasteiger partial charge is 0.323 e. The number of fused-ring (bicyclic) bond motifs is 1. The summed E-state index contributed by atoms with van der Waals surface area (Å²) in [5, 5.41) is 5.95. The van der Waals surface area contributed by atoms with Gasteiger partial charge in [-0.15, -0.1) is 6.58 Å². The zero-order chi connectivity index (χ0) is 17.8. The van der Waals surface area contributed by atoms with Crippen molar-refractivity contribution in [3.63, 3.8) is 0 Å². The van der Waals surface area contributed by atoms with Crippen LogP contribution in [0.1, 0.15) is 0 Å². The summed E-state index contributed by atoms with van der Waals surface area (Å²) in [4.78, 5) is 25.7. The van der Waals surface area contributed by atoms with Gasteiger partial charge in [0.25, 0.3) is 5.91 Å². The van der Waals surface area contributed by atoms with Crippen LogP contribution in [0.4, 0.5) is 21.9 Å². The number of nitrogens with one attached hydrogen (secondary N) is 2. The van der Waals surface area contributed by atoms with Crippen molar-refractivity contribution in [3.8, 4) is 5.75 Å². The van der Waals surface area contributed by atoms with E-state index in [1.165, 1.54) is 0 Å². The van der Waals surface area contributed by atoms with Crippen LogP contribution in [-0.2, 0) is 4.79 Å². The predicted molar refractivity (Wildman–Crippen MR) is 98.6 cm³/mol. The monoisotopic (exact) mass is 357 g/mol. The lowest BCUT2D eigenvalue weighted by atomic mass is 10.2. The molecule has 0 unspecified atom stereocenters. The number of anilines is 3. The van der Waals surface area contributed by atoms with Crippen molar-refractivity contribution in [2.24, 2.45) is 0 Å². The minimum atomic E-state index is -0.416. The average Bonchev–Trinajstić information content (AvgIpc) is 2.57. The zero-order valence-corrected chi connectivity index (χ0v) is 14.0. The fourth-order valence-electron chi connectivity index (χ4n) is 2.47. The van der Waals surface area contributed by atoms with E-state index in [9.17, 15) is 9.59 Å². The number of carbonyl (C=O) groups excluding carboxylic acids is 2. The zero-order valence-electron chi connectivity index (χ0n) is 13.3. The summed E-state index contributed by atoms with van der Waals surface area (Å²) < 4.78 is 5.41. The number of hydrogen-bond donors (Lipinski definition) is 2. The molecule has 0 saturated carbocycles. The summed E-state index contributed by atoms with van der Waals surface area (Å²) in [7, 11) is 0. The topological polar surface area (TPSA) is 70.7 Å². The lowest BCUT2D eigenvalue weighted by Crippen LogP contribution is -2.38. The Morgan fingerprint density at radius 1 is 1.24 bits per heavy atom. The SMILES string of the molecule is C=CCN1C(=O)COc2ccc(NC(=O)Nc3cccc(Cl)c3)cc21. The van der Waals surface area contributed by atoms with Crippen molar-refractivity contribution in [1.29, 1.82) is 0 Å².